The minimum Gasteiger partial charge on any atom is -0.462 e. The molecule has 0 aliphatic heterocycles. The van der Waals surface area contributed by atoms with Crippen LogP contribution in [-0.2, 0) is 23.8 Å². The molecule has 0 aliphatic rings. The molecule has 0 aliphatic carbocycles. The maximum atomic E-state index is 12.8. The second-order valence-corrected chi connectivity index (χ2v) is 18.8. The van der Waals surface area contributed by atoms with Gasteiger partial charge in [0.15, 0.2) is 6.10 Å². The van der Waals surface area contributed by atoms with Crippen LogP contribution >= 0.6 is 0 Å². The Labute approximate surface area is 422 Å². The second-order valence-electron chi connectivity index (χ2n) is 18.8. The molecule has 0 rings (SSSR count). The Morgan fingerprint density at radius 2 is 0.662 bits per heavy atom. The van der Waals surface area contributed by atoms with Crippen molar-refractivity contribution in [3.05, 3.63) is 97.2 Å². The minimum absolute atomic E-state index is 0.0590. The van der Waals surface area contributed by atoms with Crippen LogP contribution in [0.2, 0.25) is 0 Å². The molecule has 5 heteroatoms. The summed E-state index contributed by atoms with van der Waals surface area (Å²) in [4.78, 5) is 25.5. The Kier molecular flexibility index (Phi) is 55.4. The summed E-state index contributed by atoms with van der Waals surface area (Å²) in [6.07, 6.45) is 78.6. The Balaban J connectivity index is 4.33. The van der Waals surface area contributed by atoms with Crippen LogP contribution in [-0.4, -0.2) is 37.9 Å². The average molecular weight is 946 g/mol. The summed E-state index contributed by atoms with van der Waals surface area (Å²) in [6, 6.07) is 0. The molecule has 0 bridgehead atoms. The van der Waals surface area contributed by atoms with Gasteiger partial charge in [0.1, 0.15) is 6.61 Å². The monoisotopic (exact) mass is 945 g/mol. The lowest BCUT2D eigenvalue weighted by Gasteiger charge is -2.18. The highest BCUT2D eigenvalue weighted by molar-refractivity contribution is 5.70. The van der Waals surface area contributed by atoms with Crippen LogP contribution in [0.3, 0.4) is 0 Å². The standard InChI is InChI=1S/C63H108O5/c1-4-7-10-13-16-19-22-25-28-30-31-32-34-37-40-43-46-49-52-55-58-66-59-61(68-63(65)57-54-51-48-45-42-39-35-27-24-21-18-15-12-9-6-3)60-67-62(64)56-53-50-47-44-41-38-36-33-29-26-23-20-17-14-11-8-5-2/h8-9,11-12,17-18,20-21,25-29,35,42,45,61H,4-7,10,13-16,19,22-24,30-34,36-41,43-44,46-60H2,1-3H3/b11-8-,12-9-,20-17-,21-18-,28-25-,29-26-,35-27-,45-42-. The Morgan fingerprint density at radius 3 is 1.10 bits per heavy atom. The molecule has 0 aromatic carbocycles. The molecule has 1 unspecified atom stereocenters. The van der Waals surface area contributed by atoms with Gasteiger partial charge in [-0.2, -0.15) is 0 Å². The van der Waals surface area contributed by atoms with Crippen molar-refractivity contribution in [1.82, 2.24) is 0 Å². The quantitative estimate of drug-likeness (QED) is 0.0345. The average Bonchev–Trinajstić information content (AvgIpc) is 3.34. The molecule has 0 saturated carbocycles. The van der Waals surface area contributed by atoms with Gasteiger partial charge in [-0.3, -0.25) is 9.59 Å². The van der Waals surface area contributed by atoms with Gasteiger partial charge in [0.25, 0.3) is 0 Å². The number of carbonyl (C=O) groups excluding carboxylic acids is 2. The fourth-order valence-corrected chi connectivity index (χ4v) is 7.86. The summed E-state index contributed by atoms with van der Waals surface area (Å²) in [7, 11) is 0. The first-order valence-electron chi connectivity index (χ1n) is 28.8. The molecule has 0 fully saturated rings. The van der Waals surface area contributed by atoms with E-state index in [0.717, 1.165) is 103 Å². The summed E-state index contributed by atoms with van der Waals surface area (Å²) in [5, 5.41) is 0. The van der Waals surface area contributed by atoms with Gasteiger partial charge in [-0.05, 0) is 116 Å². The van der Waals surface area contributed by atoms with Crippen LogP contribution in [0.15, 0.2) is 97.2 Å². The van der Waals surface area contributed by atoms with Crippen LogP contribution in [0.5, 0.6) is 0 Å². The van der Waals surface area contributed by atoms with E-state index in [9.17, 15) is 9.59 Å². The molecule has 0 N–H and O–H groups in total. The lowest BCUT2D eigenvalue weighted by Crippen LogP contribution is -2.30. The normalized spacial score (nSPS) is 12.9. The molecule has 0 amide bonds. The minimum atomic E-state index is -0.568. The van der Waals surface area contributed by atoms with E-state index in [1.165, 1.54) is 128 Å². The number of allylic oxidation sites excluding steroid dienone is 16. The summed E-state index contributed by atoms with van der Waals surface area (Å²) >= 11 is 0. The largest absolute Gasteiger partial charge is 0.462 e. The highest BCUT2D eigenvalue weighted by Crippen LogP contribution is 2.14. The number of carbonyl (C=O) groups is 2. The number of ether oxygens (including phenoxy) is 3. The fraction of sp³-hybridized carbons (Fsp3) is 0.714. The van der Waals surface area contributed by atoms with E-state index in [0.29, 0.717) is 19.4 Å². The van der Waals surface area contributed by atoms with Gasteiger partial charge in [-0.15, -0.1) is 0 Å². The highest BCUT2D eigenvalue weighted by atomic mass is 16.6. The Morgan fingerprint density at radius 1 is 0.338 bits per heavy atom. The van der Waals surface area contributed by atoms with Crippen molar-refractivity contribution in [2.45, 2.75) is 271 Å². The van der Waals surface area contributed by atoms with Gasteiger partial charge in [0, 0.05) is 19.4 Å². The molecule has 5 nitrogen and oxygen atoms in total. The predicted octanol–water partition coefficient (Wildman–Crippen LogP) is 19.8. The van der Waals surface area contributed by atoms with Crippen molar-refractivity contribution in [2.24, 2.45) is 0 Å². The van der Waals surface area contributed by atoms with Crippen LogP contribution in [0.4, 0.5) is 0 Å². The zero-order chi connectivity index (χ0) is 49.2. The molecular formula is C63H108O5. The number of unbranched alkanes of at least 4 members (excludes halogenated alkanes) is 25. The SMILES string of the molecule is CC/C=C\C/C=C\C/C=C\C/C=C\CCCCC(=O)OC(COCCCCCCCCCCCC/C=C\CCCCCCCC)COC(=O)CCCCCCCCC/C=C\C/C=C\C/C=C\CC. The van der Waals surface area contributed by atoms with E-state index in [1.54, 1.807) is 0 Å². The van der Waals surface area contributed by atoms with Crippen molar-refractivity contribution >= 4 is 11.9 Å². The number of rotatable bonds is 52. The van der Waals surface area contributed by atoms with E-state index >= 15 is 0 Å². The molecule has 1 atom stereocenters. The van der Waals surface area contributed by atoms with Crippen LogP contribution in [0.25, 0.3) is 0 Å². The molecule has 390 valence electrons. The van der Waals surface area contributed by atoms with Gasteiger partial charge in [0.05, 0.1) is 6.61 Å². The summed E-state index contributed by atoms with van der Waals surface area (Å²) in [6.45, 7) is 7.56. The third kappa shape index (κ3) is 55.4. The van der Waals surface area contributed by atoms with Crippen LogP contribution in [0.1, 0.15) is 265 Å². The lowest BCUT2D eigenvalue weighted by atomic mass is 10.1. The molecule has 0 saturated heterocycles. The van der Waals surface area contributed by atoms with E-state index in [1.807, 2.05) is 0 Å². The zero-order valence-corrected chi connectivity index (χ0v) is 44.8. The third-order valence-electron chi connectivity index (χ3n) is 12.1. The predicted molar refractivity (Wildman–Crippen MR) is 297 cm³/mol. The number of hydrogen-bond acceptors (Lipinski definition) is 5. The smallest absolute Gasteiger partial charge is 0.306 e. The highest BCUT2D eigenvalue weighted by Gasteiger charge is 2.17. The molecule has 0 heterocycles. The third-order valence-corrected chi connectivity index (χ3v) is 12.1. The zero-order valence-electron chi connectivity index (χ0n) is 44.8. The first-order chi connectivity index (χ1) is 33.6. The van der Waals surface area contributed by atoms with E-state index in [4.69, 9.17) is 14.2 Å². The maximum absolute atomic E-state index is 12.8. The van der Waals surface area contributed by atoms with Crippen molar-refractivity contribution in [2.75, 3.05) is 19.8 Å². The van der Waals surface area contributed by atoms with Crippen LogP contribution < -0.4 is 0 Å². The Bertz CT molecular complexity index is 1300. The number of hydrogen-bond donors (Lipinski definition) is 0. The summed E-state index contributed by atoms with van der Waals surface area (Å²) < 4.78 is 17.4. The molecule has 0 spiro atoms. The van der Waals surface area contributed by atoms with Crippen molar-refractivity contribution in [3.8, 4) is 0 Å². The summed E-state index contributed by atoms with van der Waals surface area (Å²) in [5.74, 6) is -0.455. The molecular weight excluding hydrogens is 837 g/mol. The molecule has 0 aromatic rings. The van der Waals surface area contributed by atoms with Gasteiger partial charge >= 0.3 is 11.9 Å². The van der Waals surface area contributed by atoms with Crippen LogP contribution in [0, 0.1) is 0 Å². The first-order valence-corrected chi connectivity index (χ1v) is 28.8. The van der Waals surface area contributed by atoms with Crippen molar-refractivity contribution in [3.63, 3.8) is 0 Å². The van der Waals surface area contributed by atoms with E-state index < -0.39 is 6.10 Å². The fourth-order valence-electron chi connectivity index (χ4n) is 7.86. The van der Waals surface area contributed by atoms with Crippen molar-refractivity contribution < 1.29 is 23.8 Å². The Hall–Kier alpha value is -3.18. The van der Waals surface area contributed by atoms with E-state index in [-0.39, 0.29) is 25.2 Å². The van der Waals surface area contributed by atoms with Gasteiger partial charge in [0.2, 0.25) is 0 Å². The number of esters is 2. The van der Waals surface area contributed by atoms with Crippen molar-refractivity contribution in [1.29, 1.82) is 0 Å². The maximum Gasteiger partial charge on any atom is 0.306 e. The molecule has 68 heavy (non-hydrogen) atoms. The van der Waals surface area contributed by atoms with Gasteiger partial charge < -0.3 is 14.2 Å². The van der Waals surface area contributed by atoms with E-state index in [2.05, 4.69) is 118 Å². The molecule has 0 aromatic heterocycles. The summed E-state index contributed by atoms with van der Waals surface area (Å²) in [5.41, 5.74) is 0. The first kappa shape index (κ1) is 64.8. The second kappa shape index (κ2) is 58.1. The van der Waals surface area contributed by atoms with Gasteiger partial charge in [-0.25, -0.2) is 0 Å². The topological polar surface area (TPSA) is 61.8 Å². The lowest BCUT2D eigenvalue weighted by molar-refractivity contribution is -0.163. The molecule has 0 radical (unpaired) electrons. The van der Waals surface area contributed by atoms with Gasteiger partial charge in [-0.1, -0.05) is 234 Å².